The van der Waals surface area contributed by atoms with E-state index in [4.69, 9.17) is 21.1 Å². The zero-order valence-electron chi connectivity index (χ0n) is 17.1. The average molecular weight is 437 g/mol. The Hall–Kier alpha value is -3.58. The maximum atomic E-state index is 12.4. The van der Waals surface area contributed by atoms with Crippen LogP contribution in [-0.4, -0.2) is 34.7 Å². The first kappa shape index (κ1) is 20.7. The topological polar surface area (TPSA) is 78.3 Å². The fraction of sp³-hybridized carbons (Fsp3) is 0.174. The van der Waals surface area contributed by atoms with E-state index in [2.05, 4.69) is 15.6 Å². The Morgan fingerprint density at radius 1 is 1.06 bits per heavy atom. The lowest BCUT2D eigenvalue weighted by Crippen LogP contribution is -2.11. The molecule has 0 aliphatic carbocycles. The SMILES string of the molecule is CCOC(=O)c1nnn(Cc2ccc(OC)cc2)c1Nc1ccc2cc(Cl)ccc2c1. The van der Waals surface area contributed by atoms with E-state index in [9.17, 15) is 4.79 Å². The second-order valence-corrected chi connectivity index (χ2v) is 7.28. The first-order valence-electron chi connectivity index (χ1n) is 9.77. The van der Waals surface area contributed by atoms with Gasteiger partial charge in [-0.1, -0.05) is 41.1 Å². The number of carbonyl (C=O) groups excluding carboxylic acids is 1. The highest BCUT2D eigenvalue weighted by atomic mass is 35.5. The minimum atomic E-state index is -0.529. The number of ether oxygens (including phenoxy) is 2. The van der Waals surface area contributed by atoms with Crippen molar-refractivity contribution in [1.82, 2.24) is 15.0 Å². The van der Waals surface area contributed by atoms with E-state index in [-0.39, 0.29) is 12.3 Å². The predicted molar refractivity (Wildman–Crippen MR) is 120 cm³/mol. The summed E-state index contributed by atoms with van der Waals surface area (Å²) in [4.78, 5) is 12.4. The number of anilines is 2. The molecule has 0 unspecified atom stereocenters. The molecule has 1 N–H and O–H groups in total. The van der Waals surface area contributed by atoms with Crippen LogP contribution in [0, 0.1) is 0 Å². The van der Waals surface area contributed by atoms with Crippen LogP contribution in [0.4, 0.5) is 11.5 Å². The van der Waals surface area contributed by atoms with Crippen molar-refractivity contribution in [2.24, 2.45) is 0 Å². The summed E-state index contributed by atoms with van der Waals surface area (Å²) in [5.74, 6) is 0.699. The highest BCUT2D eigenvalue weighted by Gasteiger charge is 2.21. The molecule has 4 rings (SSSR count). The summed E-state index contributed by atoms with van der Waals surface area (Å²) < 4.78 is 12.0. The van der Waals surface area contributed by atoms with Crippen LogP contribution >= 0.6 is 11.6 Å². The minimum absolute atomic E-state index is 0.131. The third-order valence-electron chi connectivity index (χ3n) is 4.76. The Kier molecular flexibility index (Phi) is 6.04. The van der Waals surface area contributed by atoms with Crippen molar-refractivity contribution < 1.29 is 14.3 Å². The van der Waals surface area contributed by atoms with Gasteiger partial charge in [0, 0.05) is 10.7 Å². The fourth-order valence-electron chi connectivity index (χ4n) is 3.22. The van der Waals surface area contributed by atoms with Crippen LogP contribution < -0.4 is 10.1 Å². The molecule has 158 valence electrons. The molecule has 0 atom stereocenters. The van der Waals surface area contributed by atoms with Crippen molar-refractivity contribution in [3.8, 4) is 5.75 Å². The molecule has 0 bridgehead atoms. The maximum absolute atomic E-state index is 12.4. The lowest BCUT2D eigenvalue weighted by molar-refractivity contribution is 0.0520. The number of carbonyl (C=O) groups is 1. The summed E-state index contributed by atoms with van der Waals surface area (Å²) in [6, 6.07) is 19.2. The number of halogens is 1. The van der Waals surface area contributed by atoms with Gasteiger partial charge in [-0.15, -0.1) is 5.10 Å². The molecule has 4 aromatic rings. The highest BCUT2D eigenvalue weighted by Crippen LogP contribution is 2.26. The maximum Gasteiger partial charge on any atom is 0.362 e. The van der Waals surface area contributed by atoms with Gasteiger partial charge in [0.25, 0.3) is 0 Å². The van der Waals surface area contributed by atoms with Crippen LogP contribution in [0.2, 0.25) is 5.02 Å². The van der Waals surface area contributed by atoms with Crippen molar-refractivity contribution in [3.63, 3.8) is 0 Å². The van der Waals surface area contributed by atoms with E-state index in [1.54, 1.807) is 18.7 Å². The van der Waals surface area contributed by atoms with Crippen molar-refractivity contribution in [2.75, 3.05) is 19.0 Å². The quantitative estimate of drug-likeness (QED) is 0.408. The van der Waals surface area contributed by atoms with Gasteiger partial charge in [-0.25, -0.2) is 9.48 Å². The number of nitrogens with one attached hydrogen (secondary N) is 1. The molecule has 31 heavy (non-hydrogen) atoms. The number of rotatable bonds is 7. The lowest BCUT2D eigenvalue weighted by atomic mass is 10.1. The Morgan fingerprint density at radius 2 is 1.81 bits per heavy atom. The number of esters is 1. The van der Waals surface area contributed by atoms with Crippen molar-refractivity contribution in [3.05, 3.63) is 76.9 Å². The first-order valence-corrected chi connectivity index (χ1v) is 10.1. The lowest BCUT2D eigenvalue weighted by Gasteiger charge is -2.12. The van der Waals surface area contributed by atoms with E-state index in [0.717, 1.165) is 27.8 Å². The molecule has 1 aromatic heterocycles. The van der Waals surface area contributed by atoms with Crippen molar-refractivity contribution in [2.45, 2.75) is 13.5 Å². The van der Waals surface area contributed by atoms with Gasteiger partial charge in [0.05, 0.1) is 20.3 Å². The van der Waals surface area contributed by atoms with E-state index >= 15 is 0 Å². The molecule has 1 heterocycles. The van der Waals surface area contributed by atoms with Gasteiger partial charge < -0.3 is 14.8 Å². The van der Waals surface area contributed by atoms with E-state index < -0.39 is 5.97 Å². The molecule has 0 spiro atoms. The van der Waals surface area contributed by atoms with Gasteiger partial charge in [0.2, 0.25) is 5.69 Å². The molecule has 0 aliphatic rings. The standard InChI is InChI=1S/C23H21ClN4O3/c1-3-31-23(29)21-22(25-19-9-7-16-12-18(24)8-6-17(16)13-19)28(27-26-21)14-15-4-10-20(30-2)11-5-15/h4-13,25H,3,14H2,1-2H3. The van der Waals surface area contributed by atoms with Gasteiger partial charge in [0.15, 0.2) is 5.82 Å². The number of hydrogen-bond acceptors (Lipinski definition) is 6. The Bertz CT molecular complexity index is 1220. The number of hydrogen-bond donors (Lipinski definition) is 1. The number of aromatic nitrogens is 3. The van der Waals surface area contributed by atoms with E-state index in [1.807, 2.05) is 60.7 Å². The summed E-state index contributed by atoms with van der Waals surface area (Å²) in [7, 11) is 1.62. The summed E-state index contributed by atoms with van der Waals surface area (Å²) >= 11 is 6.08. The van der Waals surface area contributed by atoms with Crippen LogP contribution in [0.3, 0.4) is 0 Å². The Morgan fingerprint density at radius 3 is 2.55 bits per heavy atom. The molecule has 0 fully saturated rings. The summed E-state index contributed by atoms with van der Waals surface area (Å²) in [6.45, 7) is 2.42. The van der Waals surface area contributed by atoms with Crippen LogP contribution in [0.25, 0.3) is 10.8 Å². The molecule has 0 radical (unpaired) electrons. The molecule has 7 nitrogen and oxygen atoms in total. The van der Waals surface area contributed by atoms with Crippen LogP contribution in [0.1, 0.15) is 23.0 Å². The van der Waals surface area contributed by atoms with Gasteiger partial charge in [-0.05, 0) is 59.7 Å². The zero-order valence-corrected chi connectivity index (χ0v) is 17.9. The highest BCUT2D eigenvalue weighted by molar-refractivity contribution is 6.31. The number of fused-ring (bicyclic) bond motifs is 1. The molecule has 0 saturated heterocycles. The molecule has 0 saturated carbocycles. The van der Waals surface area contributed by atoms with Crippen LogP contribution in [-0.2, 0) is 11.3 Å². The largest absolute Gasteiger partial charge is 0.497 e. The predicted octanol–water partition coefficient (Wildman–Crippen LogP) is 5.06. The smallest absolute Gasteiger partial charge is 0.362 e. The van der Waals surface area contributed by atoms with Crippen LogP contribution in [0.5, 0.6) is 5.75 Å². The fourth-order valence-corrected chi connectivity index (χ4v) is 3.40. The molecule has 3 aromatic carbocycles. The molecule has 0 aliphatic heterocycles. The van der Waals surface area contributed by atoms with Gasteiger partial charge in [0.1, 0.15) is 5.75 Å². The molecular weight excluding hydrogens is 416 g/mol. The molecule has 8 heteroatoms. The summed E-state index contributed by atoms with van der Waals surface area (Å²) in [6.07, 6.45) is 0. The normalized spacial score (nSPS) is 10.8. The monoisotopic (exact) mass is 436 g/mol. The molecule has 0 amide bonds. The van der Waals surface area contributed by atoms with Gasteiger partial charge in [-0.3, -0.25) is 0 Å². The molecular formula is C23H21ClN4O3. The van der Waals surface area contributed by atoms with Gasteiger partial charge in [-0.2, -0.15) is 0 Å². The third kappa shape index (κ3) is 4.62. The summed E-state index contributed by atoms with van der Waals surface area (Å²) in [5, 5.41) is 14.3. The van der Waals surface area contributed by atoms with Crippen molar-refractivity contribution >= 4 is 39.8 Å². The number of nitrogens with zero attached hydrogens (tertiary/aromatic N) is 3. The van der Waals surface area contributed by atoms with Gasteiger partial charge >= 0.3 is 5.97 Å². The van der Waals surface area contributed by atoms with E-state index in [1.165, 1.54) is 0 Å². The van der Waals surface area contributed by atoms with Crippen LogP contribution in [0.15, 0.2) is 60.7 Å². The zero-order chi connectivity index (χ0) is 21.8. The Balaban J connectivity index is 1.68. The Labute approximate surface area is 184 Å². The number of methoxy groups -OCH3 is 1. The average Bonchev–Trinajstić information content (AvgIpc) is 3.16. The minimum Gasteiger partial charge on any atom is -0.497 e. The van der Waals surface area contributed by atoms with Crippen molar-refractivity contribution in [1.29, 1.82) is 0 Å². The number of benzene rings is 3. The second-order valence-electron chi connectivity index (χ2n) is 6.84. The third-order valence-corrected chi connectivity index (χ3v) is 5.00. The second kappa shape index (κ2) is 9.06. The summed E-state index contributed by atoms with van der Waals surface area (Å²) in [5.41, 5.74) is 1.91. The first-order chi connectivity index (χ1) is 15.1. The van der Waals surface area contributed by atoms with E-state index in [0.29, 0.717) is 17.4 Å².